The van der Waals surface area contributed by atoms with Crippen molar-refractivity contribution in [2.45, 2.75) is 26.3 Å². The van der Waals surface area contributed by atoms with Gasteiger partial charge < -0.3 is 5.32 Å². The van der Waals surface area contributed by atoms with Gasteiger partial charge in [-0.2, -0.15) is 0 Å². The van der Waals surface area contributed by atoms with Gasteiger partial charge in [0, 0.05) is 12.1 Å². The molecule has 1 aromatic carbocycles. The Bertz CT molecular complexity index is 605. The minimum Gasteiger partial charge on any atom is -0.314 e. The Labute approximate surface area is 132 Å². The highest BCUT2D eigenvalue weighted by molar-refractivity contribution is 9.10. The van der Waals surface area contributed by atoms with Gasteiger partial charge in [-0.25, -0.2) is 8.42 Å². The Hall–Kier alpha value is -1.19. The van der Waals surface area contributed by atoms with Crippen LogP contribution in [-0.2, 0) is 10.0 Å². The highest BCUT2D eigenvalue weighted by Gasteiger charge is 2.16. The molecule has 0 aromatic heterocycles. The predicted molar refractivity (Wildman–Crippen MR) is 86.0 cm³/mol. The van der Waals surface area contributed by atoms with Crippen molar-refractivity contribution in [1.82, 2.24) is 5.32 Å². The van der Waals surface area contributed by atoms with Gasteiger partial charge in [-0.15, -0.1) is 0 Å². The molecular weight excluding hydrogens is 362 g/mol. The summed E-state index contributed by atoms with van der Waals surface area (Å²) in [5.41, 5.74) is -0.00149. The average molecular weight is 380 g/mol. The largest absolute Gasteiger partial charge is 0.314 e. The smallest absolute Gasteiger partial charge is 0.285 e. The minimum absolute atomic E-state index is 0.0451. The third kappa shape index (κ3) is 6.40. The van der Waals surface area contributed by atoms with Gasteiger partial charge in [0.15, 0.2) is 0 Å². The molecule has 0 bridgehead atoms. The van der Waals surface area contributed by atoms with Gasteiger partial charge in [0.05, 0.1) is 20.8 Å². The molecule has 0 saturated heterocycles. The van der Waals surface area contributed by atoms with E-state index in [0.717, 1.165) is 0 Å². The molecule has 0 aliphatic rings. The first-order valence-electron chi connectivity index (χ1n) is 6.39. The number of sulfonamides is 1. The first kappa shape index (κ1) is 17.9. The lowest BCUT2D eigenvalue weighted by molar-refractivity contribution is -0.385. The van der Waals surface area contributed by atoms with Gasteiger partial charge in [-0.05, 0) is 41.0 Å². The Morgan fingerprint density at radius 2 is 2.05 bits per heavy atom. The van der Waals surface area contributed by atoms with E-state index in [4.69, 9.17) is 0 Å². The summed E-state index contributed by atoms with van der Waals surface area (Å²) in [5, 5.41) is 13.9. The Morgan fingerprint density at radius 1 is 1.38 bits per heavy atom. The number of halogens is 1. The lowest BCUT2D eigenvalue weighted by Gasteiger charge is -2.10. The summed E-state index contributed by atoms with van der Waals surface area (Å²) in [4.78, 5) is 10.2. The number of hydrogen-bond donors (Lipinski definition) is 2. The fraction of sp³-hybridized carbons (Fsp3) is 0.500. The Morgan fingerprint density at radius 3 is 2.62 bits per heavy atom. The van der Waals surface area contributed by atoms with Crippen molar-refractivity contribution in [2.24, 2.45) is 0 Å². The van der Waals surface area contributed by atoms with Gasteiger partial charge in [0.2, 0.25) is 10.0 Å². The van der Waals surface area contributed by atoms with Crippen molar-refractivity contribution < 1.29 is 13.3 Å². The number of hydrogen-bond acceptors (Lipinski definition) is 5. The van der Waals surface area contributed by atoms with E-state index < -0.39 is 14.9 Å². The third-order valence-corrected chi connectivity index (χ3v) is 4.60. The van der Waals surface area contributed by atoms with Crippen LogP contribution in [-0.4, -0.2) is 31.7 Å². The van der Waals surface area contributed by atoms with Crippen LogP contribution in [0.5, 0.6) is 0 Å². The average Bonchev–Trinajstić information content (AvgIpc) is 2.36. The molecule has 0 atom stereocenters. The van der Waals surface area contributed by atoms with Crippen LogP contribution >= 0.6 is 15.9 Å². The number of nitrogens with zero attached hydrogens (tertiary/aromatic N) is 1. The van der Waals surface area contributed by atoms with Crippen LogP contribution in [0.25, 0.3) is 0 Å². The van der Waals surface area contributed by atoms with Gasteiger partial charge >= 0.3 is 0 Å². The molecule has 0 aliphatic carbocycles. The fourth-order valence-corrected chi connectivity index (χ4v) is 3.10. The molecule has 0 aliphatic heterocycles. The van der Waals surface area contributed by atoms with Crippen LogP contribution in [0, 0.1) is 10.1 Å². The van der Waals surface area contributed by atoms with Crippen molar-refractivity contribution in [2.75, 3.05) is 17.0 Å². The zero-order valence-electron chi connectivity index (χ0n) is 11.8. The standard InChI is InChI=1S/C12H18BrN3O4S/c1-9(2)14-6-3-7-21(19,20)15-10-4-5-11(13)12(8-10)16(17)18/h4-5,8-9,14-15H,3,6-7H2,1-2H3. The normalized spacial score (nSPS) is 11.6. The molecule has 2 N–H and O–H groups in total. The highest BCUT2D eigenvalue weighted by Crippen LogP contribution is 2.28. The van der Waals surface area contributed by atoms with Crippen molar-refractivity contribution in [3.05, 3.63) is 32.8 Å². The van der Waals surface area contributed by atoms with Gasteiger partial charge in [0.1, 0.15) is 0 Å². The topological polar surface area (TPSA) is 101 Å². The fourth-order valence-electron chi connectivity index (χ4n) is 1.60. The van der Waals surface area contributed by atoms with Gasteiger partial charge in [0.25, 0.3) is 5.69 Å². The first-order valence-corrected chi connectivity index (χ1v) is 8.83. The number of nitrogens with one attached hydrogen (secondary N) is 2. The maximum Gasteiger partial charge on any atom is 0.285 e. The van der Waals surface area contributed by atoms with Crippen molar-refractivity contribution in [3.8, 4) is 0 Å². The van der Waals surface area contributed by atoms with E-state index in [1.54, 1.807) is 0 Å². The predicted octanol–water partition coefficient (Wildman–Crippen LogP) is 2.49. The number of anilines is 1. The summed E-state index contributed by atoms with van der Waals surface area (Å²) in [6.45, 7) is 4.56. The minimum atomic E-state index is -3.52. The summed E-state index contributed by atoms with van der Waals surface area (Å²) in [6.07, 6.45) is 0.464. The second-order valence-electron chi connectivity index (χ2n) is 4.81. The third-order valence-electron chi connectivity index (χ3n) is 2.56. The Balaban J connectivity index is 2.67. The molecule has 0 unspecified atom stereocenters. The lowest BCUT2D eigenvalue weighted by Crippen LogP contribution is -2.26. The molecular formula is C12H18BrN3O4S. The van der Waals surface area contributed by atoms with Crippen LogP contribution in [0.1, 0.15) is 20.3 Å². The van der Waals surface area contributed by atoms with Crippen molar-refractivity contribution in [1.29, 1.82) is 0 Å². The van der Waals surface area contributed by atoms with Crippen LogP contribution in [0.3, 0.4) is 0 Å². The molecule has 9 heteroatoms. The van der Waals surface area contributed by atoms with E-state index in [2.05, 4.69) is 26.0 Å². The van der Waals surface area contributed by atoms with E-state index in [1.165, 1.54) is 18.2 Å². The molecule has 7 nitrogen and oxygen atoms in total. The number of nitro groups is 1. The summed E-state index contributed by atoms with van der Waals surface area (Å²) in [7, 11) is -3.52. The molecule has 0 heterocycles. The van der Waals surface area contributed by atoms with E-state index in [-0.39, 0.29) is 17.1 Å². The van der Waals surface area contributed by atoms with E-state index in [1.807, 2.05) is 13.8 Å². The number of rotatable bonds is 8. The molecule has 0 amide bonds. The van der Waals surface area contributed by atoms with E-state index in [9.17, 15) is 18.5 Å². The van der Waals surface area contributed by atoms with E-state index >= 15 is 0 Å². The second kappa shape index (κ2) is 7.71. The van der Waals surface area contributed by atoms with Crippen LogP contribution in [0.2, 0.25) is 0 Å². The van der Waals surface area contributed by atoms with Gasteiger partial charge in [-0.1, -0.05) is 13.8 Å². The van der Waals surface area contributed by atoms with Crippen molar-refractivity contribution in [3.63, 3.8) is 0 Å². The molecule has 0 radical (unpaired) electrons. The monoisotopic (exact) mass is 379 g/mol. The first-order chi connectivity index (χ1) is 9.71. The molecule has 118 valence electrons. The maximum atomic E-state index is 11.9. The highest BCUT2D eigenvalue weighted by atomic mass is 79.9. The molecule has 1 rings (SSSR count). The maximum absolute atomic E-state index is 11.9. The lowest BCUT2D eigenvalue weighted by atomic mass is 10.3. The Kier molecular flexibility index (Phi) is 6.56. The van der Waals surface area contributed by atoms with Crippen molar-refractivity contribution >= 4 is 37.3 Å². The molecule has 0 fully saturated rings. The van der Waals surface area contributed by atoms with Gasteiger partial charge in [-0.3, -0.25) is 14.8 Å². The van der Waals surface area contributed by atoms with E-state index in [0.29, 0.717) is 23.5 Å². The SMILES string of the molecule is CC(C)NCCCS(=O)(=O)Nc1ccc(Br)c([N+](=O)[O-])c1. The number of nitro benzene ring substituents is 1. The zero-order chi connectivity index (χ0) is 16.0. The summed E-state index contributed by atoms with van der Waals surface area (Å²) in [5.74, 6) is -0.0451. The van der Waals surface area contributed by atoms with Crippen LogP contribution in [0.15, 0.2) is 22.7 Å². The summed E-state index contributed by atoms with van der Waals surface area (Å²) in [6, 6.07) is 4.40. The molecule has 0 saturated carbocycles. The zero-order valence-corrected chi connectivity index (χ0v) is 14.2. The molecule has 21 heavy (non-hydrogen) atoms. The summed E-state index contributed by atoms with van der Waals surface area (Å²) < 4.78 is 26.4. The van der Waals surface area contributed by atoms with Crippen LogP contribution in [0.4, 0.5) is 11.4 Å². The van der Waals surface area contributed by atoms with Crippen LogP contribution < -0.4 is 10.0 Å². The second-order valence-corrected chi connectivity index (χ2v) is 7.50. The summed E-state index contributed by atoms with van der Waals surface area (Å²) >= 11 is 3.05. The molecule has 0 spiro atoms. The number of benzene rings is 1. The quantitative estimate of drug-likeness (QED) is 0.410. The molecule has 1 aromatic rings.